The van der Waals surface area contributed by atoms with Crippen LogP contribution in [0.4, 0.5) is 4.39 Å². The number of amides is 2. The Hall–Kier alpha value is -3.75. The monoisotopic (exact) mass is 476 g/mol. The lowest BCUT2D eigenvalue weighted by atomic mass is 9.93. The summed E-state index contributed by atoms with van der Waals surface area (Å²) in [7, 11) is 1.40. The van der Waals surface area contributed by atoms with Crippen molar-refractivity contribution in [2.75, 3.05) is 33.4 Å². The number of halogens is 1. The summed E-state index contributed by atoms with van der Waals surface area (Å²) >= 11 is 0. The zero-order valence-electron chi connectivity index (χ0n) is 19.2. The minimum Gasteiger partial charge on any atom is -0.494 e. The van der Waals surface area contributed by atoms with Crippen molar-refractivity contribution >= 4 is 11.8 Å². The summed E-state index contributed by atoms with van der Waals surface area (Å²) < 4.78 is 24.9. The maximum atomic E-state index is 14.4. The maximum absolute atomic E-state index is 14.4. The van der Waals surface area contributed by atoms with Gasteiger partial charge in [0.2, 0.25) is 5.91 Å². The molecule has 5 rings (SSSR count). The SMILES string of the molecule is COc1ccc(-c2cc(C(N)=O)c3c(c2)-c2cc(C(=O)N4CCOC(CO)C4)ccc2C3)cc1F. The summed E-state index contributed by atoms with van der Waals surface area (Å²) in [6.45, 7) is 0.991. The van der Waals surface area contributed by atoms with Gasteiger partial charge in [-0.2, -0.15) is 0 Å². The third-order valence-corrected chi connectivity index (χ3v) is 6.64. The molecular formula is C27H25FN2O5. The van der Waals surface area contributed by atoms with Gasteiger partial charge in [0.1, 0.15) is 0 Å². The molecule has 1 saturated heterocycles. The third-order valence-electron chi connectivity index (χ3n) is 6.64. The van der Waals surface area contributed by atoms with Gasteiger partial charge in [-0.1, -0.05) is 12.1 Å². The normalized spacial score (nSPS) is 16.5. The van der Waals surface area contributed by atoms with Gasteiger partial charge in [-0.25, -0.2) is 4.39 Å². The molecule has 3 aromatic carbocycles. The molecule has 0 saturated carbocycles. The molecular weight excluding hydrogens is 451 g/mol. The molecule has 1 fully saturated rings. The van der Waals surface area contributed by atoms with Gasteiger partial charge in [0.05, 0.1) is 26.4 Å². The predicted molar refractivity (Wildman–Crippen MR) is 128 cm³/mol. The molecule has 2 amide bonds. The molecule has 3 aromatic rings. The second kappa shape index (κ2) is 9.13. The van der Waals surface area contributed by atoms with E-state index in [1.165, 1.54) is 19.2 Å². The van der Waals surface area contributed by atoms with Gasteiger partial charge in [0.25, 0.3) is 5.91 Å². The fourth-order valence-corrected chi connectivity index (χ4v) is 4.84. The number of hydrogen-bond donors (Lipinski definition) is 2. The van der Waals surface area contributed by atoms with E-state index in [2.05, 4.69) is 0 Å². The van der Waals surface area contributed by atoms with Crippen LogP contribution in [0.2, 0.25) is 0 Å². The van der Waals surface area contributed by atoms with E-state index >= 15 is 0 Å². The minimum absolute atomic E-state index is 0.130. The quantitative estimate of drug-likeness (QED) is 0.461. The number of ether oxygens (including phenoxy) is 2. The van der Waals surface area contributed by atoms with Crippen LogP contribution in [0.1, 0.15) is 31.8 Å². The number of methoxy groups -OCH3 is 1. The van der Waals surface area contributed by atoms with Crippen LogP contribution in [0, 0.1) is 5.82 Å². The molecule has 1 unspecified atom stereocenters. The van der Waals surface area contributed by atoms with E-state index in [4.69, 9.17) is 15.2 Å². The predicted octanol–water partition coefficient (Wildman–Crippen LogP) is 3.00. The van der Waals surface area contributed by atoms with Gasteiger partial charge >= 0.3 is 0 Å². The van der Waals surface area contributed by atoms with Crippen LogP contribution < -0.4 is 10.5 Å². The standard InChI is InChI=1S/C27H25FN2O5/c1-34-25-5-4-15(12-24(25)28)18-10-21-20-9-17(27(33)30-6-7-35-19(13-30)14-31)3-2-16(20)8-22(21)23(11-18)26(29)32/h2-5,9-12,19,31H,6-8,13-14H2,1H3,(H2,29,32). The van der Waals surface area contributed by atoms with Crippen molar-refractivity contribution in [1.82, 2.24) is 4.90 Å². The van der Waals surface area contributed by atoms with E-state index in [-0.39, 0.29) is 18.3 Å². The first kappa shape index (κ1) is 23.0. The zero-order valence-corrected chi connectivity index (χ0v) is 19.2. The maximum Gasteiger partial charge on any atom is 0.254 e. The first-order chi connectivity index (χ1) is 16.9. The summed E-state index contributed by atoms with van der Waals surface area (Å²) in [6, 6.07) is 13.7. The molecule has 0 aromatic heterocycles. The fourth-order valence-electron chi connectivity index (χ4n) is 4.84. The number of hydrogen-bond acceptors (Lipinski definition) is 5. The van der Waals surface area contributed by atoms with Gasteiger partial charge < -0.3 is 25.2 Å². The van der Waals surface area contributed by atoms with Crippen molar-refractivity contribution in [2.45, 2.75) is 12.5 Å². The average Bonchev–Trinajstić information content (AvgIpc) is 3.25. The van der Waals surface area contributed by atoms with Crippen molar-refractivity contribution in [3.8, 4) is 28.0 Å². The lowest BCUT2D eigenvalue weighted by molar-refractivity contribution is -0.0447. The molecule has 8 heteroatoms. The summed E-state index contributed by atoms with van der Waals surface area (Å²) in [5.74, 6) is -1.09. The lowest BCUT2D eigenvalue weighted by Gasteiger charge is -2.32. The van der Waals surface area contributed by atoms with Gasteiger partial charge in [0.15, 0.2) is 11.6 Å². The Morgan fingerprint density at radius 1 is 1.14 bits per heavy atom. The van der Waals surface area contributed by atoms with Crippen LogP contribution in [0.5, 0.6) is 5.75 Å². The van der Waals surface area contributed by atoms with E-state index in [0.29, 0.717) is 48.4 Å². The highest BCUT2D eigenvalue weighted by atomic mass is 19.1. The molecule has 1 aliphatic carbocycles. The second-order valence-corrected chi connectivity index (χ2v) is 8.74. The Morgan fingerprint density at radius 3 is 2.69 bits per heavy atom. The Bertz CT molecular complexity index is 1340. The van der Waals surface area contributed by atoms with Crippen LogP contribution in [0.3, 0.4) is 0 Å². The molecule has 2 aliphatic rings. The molecule has 7 nitrogen and oxygen atoms in total. The number of benzene rings is 3. The lowest BCUT2D eigenvalue weighted by Crippen LogP contribution is -2.46. The molecule has 180 valence electrons. The molecule has 0 spiro atoms. The molecule has 3 N–H and O–H groups in total. The number of carbonyl (C=O) groups is 2. The van der Waals surface area contributed by atoms with Gasteiger partial charge in [-0.05, 0) is 76.2 Å². The van der Waals surface area contributed by atoms with Crippen LogP contribution in [-0.2, 0) is 11.2 Å². The van der Waals surface area contributed by atoms with Crippen molar-refractivity contribution < 1.29 is 28.6 Å². The van der Waals surface area contributed by atoms with E-state index in [1.807, 2.05) is 18.2 Å². The largest absolute Gasteiger partial charge is 0.494 e. The molecule has 35 heavy (non-hydrogen) atoms. The number of fused-ring (bicyclic) bond motifs is 3. The van der Waals surface area contributed by atoms with E-state index in [9.17, 15) is 19.1 Å². The summed E-state index contributed by atoms with van der Waals surface area (Å²) in [4.78, 5) is 27.2. The summed E-state index contributed by atoms with van der Waals surface area (Å²) in [5, 5.41) is 9.40. The van der Waals surface area contributed by atoms with Crippen LogP contribution in [0.25, 0.3) is 22.3 Å². The number of nitrogens with two attached hydrogens (primary N) is 1. The first-order valence-corrected chi connectivity index (χ1v) is 11.3. The fraction of sp³-hybridized carbons (Fsp3) is 0.259. The number of aliphatic hydroxyl groups excluding tert-OH is 1. The van der Waals surface area contributed by atoms with Crippen LogP contribution in [0.15, 0.2) is 48.5 Å². The molecule has 1 aliphatic heterocycles. The second-order valence-electron chi connectivity index (χ2n) is 8.74. The number of primary amides is 1. The highest BCUT2D eigenvalue weighted by molar-refractivity contribution is 6.01. The Morgan fingerprint density at radius 2 is 1.97 bits per heavy atom. The summed E-state index contributed by atoms with van der Waals surface area (Å²) in [6.07, 6.45) is 0.118. The number of carbonyl (C=O) groups excluding carboxylic acids is 2. The zero-order chi connectivity index (χ0) is 24.7. The topological polar surface area (TPSA) is 102 Å². The van der Waals surface area contributed by atoms with Crippen molar-refractivity contribution in [3.63, 3.8) is 0 Å². The van der Waals surface area contributed by atoms with Crippen LogP contribution >= 0.6 is 0 Å². The van der Waals surface area contributed by atoms with E-state index in [1.54, 1.807) is 23.1 Å². The Kier molecular flexibility index (Phi) is 6.00. The number of morpholine rings is 1. The Balaban J connectivity index is 1.56. The van der Waals surface area contributed by atoms with Gasteiger partial charge in [0, 0.05) is 24.2 Å². The minimum atomic E-state index is -0.565. The van der Waals surface area contributed by atoms with E-state index < -0.39 is 17.8 Å². The summed E-state index contributed by atoms with van der Waals surface area (Å²) in [5.41, 5.74) is 11.2. The average molecular weight is 477 g/mol. The highest BCUT2D eigenvalue weighted by Crippen LogP contribution is 2.42. The third kappa shape index (κ3) is 4.15. The van der Waals surface area contributed by atoms with E-state index in [0.717, 1.165) is 22.3 Å². The molecule has 1 heterocycles. The number of aliphatic hydroxyl groups is 1. The van der Waals surface area contributed by atoms with Crippen molar-refractivity contribution in [1.29, 1.82) is 0 Å². The Labute approximate surface area is 201 Å². The molecule has 0 radical (unpaired) electrons. The molecule has 0 bridgehead atoms. The van der Waals surface area contributed by atoms with Crippen molar-refractivity contribution in [3.05, 3.63) is 76.6 Å². The smallest absolute Gasteiger partial charge is 0.254 e. The van der Waals surface area contributed by atoms with Gasteiger partial charge in [-0.15, -0.1) is 0 Å². The van der Waals surface area contributed by atoms with Crippen molar-refractivity contribution in [2.24, 2.45) is 5.73 Å². The molecule has 1 atom stereocenters. The highest BCUT2D eigenvalue weighted by Gasteiger charge is 2.28. The first-order valence-electron chi connectivity index (χ1n) is 11.3. The van der Waals surface area contributed by atoms with Gasteiger partial charge in [-0.3, -0.25) is 9.59 Å². The van der Waals surface area contributed by atoms with Crippen LogP contribution in [-0.4, -0.2) is 61.3 Å². The number of rotatable bonds is 5. The number of nitrogens with zero attached hydrogens (tertiary/aromatic N) is 1.